The summed E-state index contributed by atoms with van der Waals surface area (Å²) in [6.07, 6.45) is 5.65. The molecule has 0 radical (unpaired) electrons. The maximum absolute atomic E-state index is 5.83. The van der Waals surface area contributed by atoms with E-state index in [1.165, 1.54) is 18.5 Å². The molecule has 7 heteroatoms. The average molecular weight is 316 g/mol. The molecule has 2 N–H and O–H groups in total. The van der Waals surface area contributed by atoms with Crippen molar-refractivity contribution in [2.24, 2.45) is 11.8 Å². The second-order valence-corrected chi connectivity index (χ2v) is 6.70. The SMILES string of the molecule is Cc1nc([C@H]2OCC[C@H]2CNCc2ccnn2CC2CC2)n[nH]1. The molecule has 2 aromatic rings. The highest BCUT2D eigenvalue weighted by Crippen LogP contribution is 2.32. The zero-order chi connectivity index (χ0) is 15.6. The highest BCUT2D eigenvalue weighted by Gasteiger charge is 2.32. The summed E-state index contributed by atoms with van der Waals surface area (Å²) in [6.45, 7) is 5.52. The van der Waals surface area contributed by atoms with Crippen molar-refractivity contribution in [1.82, 2.24) is 30.3 Å². The van der Waals surface area contributed by atoms with Gasteiger partial charge >= 0.3 is 0 Å². The molecule has 0 spiro atoms. The predicted molar refractivity (Wildman–Crippen MR) is 84.6 cm³/mol. The van der Waals surface area contributed by atoms with E-state index in [0.29, 0.717) is 5.92 Å². The number of nitrogens with zero attached hydrogens (tertiary/aromatic N) is 4. The smallest absolute Gasteiger partial charge is 0.179 e. The van der Waals surface area contributed by atoms with Crippen LogP contribution in [0.1, 0.15) is 42.7 Å². The summed E-state index contributed by atoms with van der Waals surface area (Å²) in [4.78, 5) is 4.42. The van der Waals surface area contributed by atoms with Crippen LogP contribution in [0.4, 0.5) is 0 Å². The Labute approximate surface area is 135 Å². The zero-order valence-corrected chi connectivity index (χ0v) is 13.5. The van der Waals surface area contributed by atoms with Crippen LogP contribution < -0.4 is 5.32 Å². The summed E-state index contributed by atoms with van der Waals surface area (Å²) >= 11 is 0. The van der Waals surface area contributed by atoms with Gasteiger partial charge in [-0.15, -0.1) is 0 Å². The minimum Gasteiger partial charge on any atom is -0.370 e. The van der Waals surface area contributed by atoms with Crippen molar-refractivity contribution in [3.8, 4) is 0 Å². The predicted octanol–water partition coefficient (Wildman–Crippen LogP) is 1.59. The Hall–Kier alpha value is -1.73. The van der Waals surface area contributed by atoms with Gasteiger partial charge in [0.1, 0.15) is 11.9 Å². The summed E-state index contributed by atoms with van der Waals surface area (Å²) in [5.41, 5.74) is 1.26. The molecule has 0 unspecified atom stereocenters. The fraction of sp³-hybridized carbons (Fsp3) is 0.688. The number of aromatic amines is 1. The molecule has 23 heavy (non-hydrogen) atoms. The molecule has 2 aromatic heterocycles. The first kappa shape index (κ1) is 14.8. The van der Waals surface area contributed by atoms with Crippen LogP contribution in [0.2, 0.25) is 0 Å². The van der Waals surface area contributed by atoms with E-state index in [1.807, 2.05) is 13.1 Å². The monoisotopic (exact) mass is 316 g/mol. The van der Waals surface area contributed by atoms with Crippen LogP contribution in [-0.4, -0.2) is 38.1 Å². The fourth-order valence-corrected chi connectivity index (χ4v) is 3.22. The topological polar surface area (TPSA) is 80.7 Å². The van der Waals surface area contributed by atoms with Gasteiger partial charge in [-0.05, 0) is 38.2 Å². The van der Waals surface area contributed by atoms with Crippen molar-refractivity contribution in [3.05, 3.63) is 29.6 Å². The number of rotatable bonds is 7. The third-order valence-corrected chi connectivity index (χ3v) is 4.73. The largest absolute Gasteiger partial charge is 0.370 e. The summed E-state index contributed by atoms with van der Waals surface area (Å²) in [5, 5.41) is 15.2. The number of aryl methyl sites for hydroxylation is 1. The molecule has 1 aliphatic carbocycles. The quantitative estimate of drug-likeness (QED) is 0.811. The first-order valence-corrected chi connectivity index (χ1v) is 8.51. The second-order valence-electron chi connectivity index (χ2n) is 6.70. The lowest BCUT2D eigenvalue weighted by atomic mass is 10.0. The number of aromatic nitrogens is 5. The second kappa shape index (κ2) is 6.41. The summed E-state index contributed by atoms with van der Waals surface area (Å²) < 4.78 is 7.98. The maximum atomic E-state index is 5.83. The third-order valence-electron chi connectivity index (χ3n) is 4.73. The van der Waals surface area contributed by atoms with E-state index in [4.69, 9.17) is 4.74 Å². The van der Waals surface area contributed by atoms with E-state index < -0.39 is 0 Å². The van der Waals surface area contributed by atoms with Crippen LogP contribution in [0.3, 0.4) is 0 Å². The summed E-state index contributed by atoms with van der Waals surface area (Å²) in [6, 6.07) is 2.11. The third kappa shape index (κ3) is 3.45. The van der Waals surface area contributed by atoms with Crippen molar-refractivity contribution in [2.75, 3.05) is 13.2 Å². The first-order chi connectivity index (χ1) is 11.3. The van der Waals surface area contributed by atoms with Crippen LogP contribution >= 0.6 is 0 Å². The van der Waals surface area contributed by atoms with Crippen molar-refractivity contribution in [1.29, 1.82) is 0 Å². The van der Waals surface area contributed by atoms with Gasteiger partial charge in [-0.3, -0.25) is 9.78 Å². The van der Waals surface area contributed by atoms with Gasteiger partial charge in [-0.2, -0.15) is 10.2 Å². The van der Waals surface area contributed by atoms with Gasteiger partial charge in [0.05, 0.1) is 5.69 Å². The average Bonchev–Trinajstić information content (AvgIpc) is 2.90. The van der Waals surface area contributed by atoms with Gasteiger partial charge in [-0.1, -0.05) is 0 Å². The lowest BCUT2D eigenvalue weighted by molar-refractivity contribution is 0.0835. The lowest BCUT2D eigenvalue weighted by Gasteiger charge is -2.16. The van der Waals surface area contributed by atoms with E-state index >= 15 is 0 Å². The molecule has 4 rings (SSSR count). The van der Waals surface area contributed by atoms with Crippen LogP contribution in [0.25, 0.3) is 0 Å². The molecule has 7 nitrogen and oxygen atoms in total. The minimum absolute atomic E-state index is 0.00354. The van der Waals surface area contributed by atoms with Crippen molar-refractivity contribution >= 4 is 0 Å². The van der Waals surface area contributed by atoms with Gasteiger partial charge < -0.3 is 10.1 Å². The highest BCUT2D eigenvalue weighted by atomic mass is 16.5. The number of nitrogens with one attached hydrogen (secondary N) is 2. The van der Waals surface area contributed by atoms with Gasteiger partial charge in [0.15, 0.2) is 5.82 Å². The van der Waals surface area contributed by atoms with E-state index in [-0.39, 0.29) is 6.10 Å². The molecule has 1 saturated heterocycles. The molecular formula is C16H24N6O. The van der Waals surface area contributed by atoms with Crippen LogP contribution in [0.15, 0.2) is 12.3 Å². The number of hydrogen-bond donors (Lipinski definition) is 2. The molecule has 0 bridgehead atoms. The van der Waals surface area contributed by atoms with Crippen molar-refractivity contribution < 1.29 is 4.74 Å². The number of H-pyrrole nitrogens is 1. The lowest BCUT2D eigenvalue weighted by Crippen LogP contribution is -2.26. The van der Waals surface area contributed by atoms with E-state index in [0.717, 1.165) is 50.2 Å². The van der Waals surface area contributed by atoms with Gasteiger partial charge in [-0.25, -0.2) is 4.98 Å². The molecule has 2 aliphatic rings. The van der Waals surface area contributed by atoms with E-state index in [1.54, 1.807) is 0 Å². The number of hydrogen-bond acceptors (Lipinski definition) is 5. The van der Waals surface area contributed by atoms with Crippen LogP contribution in [0, 0.1) is 18.8 Å². The van der Waals surface area contributed by atoms with Gasteiger partial charge in [0.25, 0.3) is 0 Å². The zero-order valence-electron chi connectivity index (χ0n) is 13.5. The fourth-order valence-electron chi connectivity index (χ4n) is 3.22. The van der Waals surface area contributed by atoms with Gasteiger partial charge in [0, 0.05) is 38.4 Å². The van der Waals surface area contributed by atoms with Crippen molar-refractivity contribution in [2.45, 2.75) is 45.4 Å². The molecule has 0 aromatic carbocycles. The van der Waals surface area contributed by atoms with Crippen molar-refractivity contribution in [3.63, 3.8) is 0 Å². The molecule has 2 atom stereocenters. The molecule has 1 saturated carbocycles. The van der Waals surface area contributed by atoms with E-state index in [2.05, 4.69) is 36.3 Å². The Morgan fingerprint density at radius 2 is 2.30 bits per heavy atom. The molecule has 2 fully saturated rings. The number of ether oxygens (including phenoxy) is 1. The molecular weight excluding hydrogens is 292 g/mol. The normalized spacial score (nSPS) is 24.4. The minimum atomic E-state index is 0.00354. The Morgan fingerprint density at radius 1 is 1.39 bits per heavy atom. The maximum Gasteiger partial charge on any atom is 0.179 e. The molecule has 3 heterocycles. The Morgan fingerprint density at radius 3 is 3.09 bits per heavy atom. The highest BCUT2D eigenvalue weighted by molar-refractivity contribution is 5.02. The van der Waals surface area contributed by atoms with Crippen LogP contribution in [-0.2, 0) is 17.8 Å². The molecule has 124 valence electrons. The standard InChI is InChI=1S/C16H24N6O/c1-11-19-16(21-20-11)15-13(5-7-23-15)8-17-9-14-4-6-18-22(14)10-12-2-3-12/h4,6,12-13,15,17H,2-3,5,7-10H2,1H3,(H,19,20,21)/t13-,15-/m0/s1. The van der Waals surface area contributed by atoms with Crippen LogP contribution in [0.5, 0.6) is 0 Å². The Balaban J connectivity index is 1.31. The summed E-state index contributed by atoms with van der Waals surface area (Å²) in [7, 11) is 0. The molecule has 1 aliphatic heterocycles. The Bertz CT molecular complexity index is 647. The summed E-state index contributed by atoms with van der Waals surface area (Å²) in [5.74, 6) is 2.89. The first-order valence-electron chi connectivity index (χ1n) is 8.51. The van der Waals surface area contributed by atoms with Gasteiger partial charge in [0.2, 0.25) is 0 Å². The molecule has 0 amide bonds. The Kier molecular flexibility index (Phi) is 4.13. The van der Waals surface area contributed by atoms with E-state index in [9.17, 15) is 0 Å².